The molecule has 3 heteroatoms. The first-order valence-corrected chi connectivity index (χ1v) is 12.7. The van der Waals surface area contributed by atoms with E-state index < -0.39 is 0 Å². The van der Waals surface area contributed by atoms with Crippen molar-refractivity contribution in [3.8, 4) is 11.1 Å². The molecule has 0 heterocycles. The first-order valence-electron chi connectivity index (χ1n) is 11.0. The normalized spacial score (nSPS) is 11.5. The van der Waals surface area contributed by atoms with E-state index in [-0.39, 0.29) is 24.8 Å². The summed E-state index contributed by atoms with van der Waals surface area (Å²) in [4.78, 5) is 0. The van der Waals surface area contributed by atoms with Gasteiger partial charge >= 0.3 is 28.4 Å². The van der Waals surface area contributed by atoms with Crippen LogP contribution in [-0.4, -0.2) is 4.21 Å². The van der Waals surface area contributed by atoms with Crippen molar-refractivity contribution >= 4 is 50.6 Å². The summed E-state index contributed by atoms with van der Waals surface area (Å²) >= 11 is 1.30. The molecule has 6 rings (SSSR count). The molecule has 0 nitrogen and oxygen atoms in total. The van der Waals surface area contributed by atoms with Crippen molar-refractivity contribution < 1.29 is 24.2 Å². The van der Waals surface area contributed by atoms with Crippen molar-refractivity contribution in [2.75, 3.05) is 0 Å². The van der Waals surface area contributed by atoms with Gasteiger partial charge in [-0.05, 0) is 28.5 Å². The van der Waals surface area contributed by atoms with Crippen LogP contribution in [0.5, 0.6) is 0 Å². The zero-order valence-corrected chi connectivity index (χ0v) is 23.9. The van der Waals surface area contributed by atoms with Crippen molar-refractivity contribution in [2.45, 2.75) is 26.7 Å². The van der Waals surface area contributed by atoms with Crippen LogP contribution in [0.15, 0.2) is 85.0 Å². The third-order valence-corrected chi connectivity index (χ3v) is 5.19. The third kappa shape index (κ3) is 7.11. The van der Waals surface area contributed by atoms with Crippen LogP contribution in [0.3, 0.4) is 0 Å². The van der Waals surface area contributed by atoms with Gasteiger partial charge in [0.2, 0.25) is 0 Å². The summed E-state index contributed by atoms with van der Waals surface area (Å²) in [5.41, 5.74) is 5.67. The molecule has 0 saturated carbocycles. The summed E-state index contributed by atoms with van der Waals surface area (Å²) in [6, 6.07) is 27.3. The summed E-state index contributed by atoms with van der Waals surface area (Å²) in [6.45, 7) is 7.75. The molecule has 2 aliphatic rings. The van der Waals surface area contributed by atoms with E-state index in [0.717, 1.165) is 12.8 Å². The molecule has 34 heavy (non-hydrogen) atoms. The van der Waals surface area contributed by atoms with Crippen LogP contribution in [0.2, 0.25) is 0 Å². The largest absolute Gasteiger partial charge is 0.147 e. The molecule has 0 spiro atoms. The van der Waals surface area contributed by atoms with Gasteiger partial charge in [-0.2, -0.15) is 12.0 Å². The molecule has 0 radical (unpaired) electrons. The van der Waals surface area contributed by atoms with Crippen LogP contribution in [0.1, 0.15) is 31.4 Å². The van der Waals surface area contributed by atoms with Gasteiger partial charge in [-0.25, -0.2) is 12.2 Å². The molecule has 0 aromatic heterocycles. The molecule has 0 amide bonds. The van der Waals surface area contributed by atoms with Crippen molar-refractivity contribution in [1.82, 2.24) is 0 Å². The maximum Gasteiger partial charge on any atom is -0.0240 e. The summed E-state index contributed by atoms with van der Waals surface area (Å²) in [5, 5.41) is 5.30. The summed E-state index contributed by atoms with van der Waals surface area (Å²) in [5.74, 6) is 0.583. The third-order valence-electron chi connectivity index (χ3n) is 5.19. The van der Waals surface area contributed by atoms with Gasteiger partial charge in [0.15, 0.2) is 0 Å². The van der Waals surface area contributed by atoms with Crippen LogP contribution in [0.4, 0.5) is 0 Å². The Hall–Kier alpha value is -1.79. The summed E-state index contributed by atoms with van der Waals surface area (Å²) in [6.07, 6.45) is 11.0. The second kappa shape index (κ2) is 15.3. The summed E-state index contributed by atoms with van der Waals surface area (Å²) in [7, 11) is 0. The molecular formula is C31H31Cl2Zr-3. The molecule has 0 aliphatic heterocycles. The Morgan fingerprint density at radius 3 is 2.12 bits per heavy atom. The molecule has 0 N–H and O–H groups in total. The molecule has 176 valence electrons. The molecular weight excluding hydrogens is 534 g/mol. The van der Waals surface area contributed by atoms with Crippen LogP contribution in [0.25, 0.3) is 32.7 Å². The van der Waals surface area contributed by atoms with E-state index in [4.69, 9.17) is 0 Å². The summed E-state index contributed by atoms with van der Waals surface area (Å²) < 4.78 is 3.34. The Kier molecular flexibility index (Phi) is 13.6. The predicted molar refractivity (Wildman–Crippen MR) is 152 cm³/mol. The molecule has 4 aromatic carbocycles. The number of halogens is 2. The molecule has 4 aromatic rings. The van der Waals surface area contributed by atoms with E-state index in [1.807, 2.05) is 18.2 Å². The first-order chi connectivity index (χ1) is 15.7. The smallest absolute Gasteiger partial charge is 0.0240 e. The SMILES string of the molecule is Cl.Cl.[C-]1=CC=CC1.[CH2-]C(C)C.[CH2]=[Zr].[c-]1cccc2c1c1c(c3ccccc32)-c2ccccc2C1. The van der Waals surface area contributed by atoms with Gasteiger partial charge in [-0.3, -0.25) is 6.08 Å². The van der Waals surface area contributed by atoms with Crippen molar-refractivity contribution in [2.24, 2.45) is 5.92 Å². The zero-order valence-electron chi connectivity index (χ0n) is 19.8. The molecule has 0 atom stereocenters. The fraction of sp³-hybridized carbons (Fsp3) is 0.161. The van der Waals surface area contributed by atoms with Crippen molar-refractivity contribution in [1.29, 1.82) is 0 Å². The Morgan fingerprint density at radius 1 is 0.882 bits per heavy atom. The fourth-order valence-corrected chi connectivity index (χ4v) is 4.07. The maximum atomic E-state index is 3.64. The molecule has 0 bridgehead atoms. The van der Waals surface area contributed by atoms with E-state index in [1.54, 1.807) is 0 Å². The molecule has 0 unspecified atom stereocenters. The number of fused-ring (bicyclic) bond motifs is 8. The molecule has 2 aliphatic carbocycles. The van der Waals surface area contributed by atoms with Gasteiger partial charge in [0, 0.05) is 0 Å². The van der Waals surface area contributed by atoms with Crippen LogP contribution < -0.4 is 0 Å². The first kappa shape index (κ1) is 30.2. The predicted octanol–water partition coefficient (Wildman–Crippen LogP) is 8.96. The van der Waals surface area contributed by atoms with Crippen LogP contribution >= 0.6 is 24.8 Å². The minimum absolute atomic E-state index is 0. The van der Waals surface area contributed by atoms with Gasteiger partial charge in [-0.1, -0.05) is 67.8 Å². The maximum absolute atomic E-state index is 3.64. The van der Waals surface area contributed by atoms with E-state index in [2.05, 4.69) is 104 Å². The Labute approximate surface area is 232 Å². The minimum atomic E-state index is 0. The number of hydrogen-bond donors (Lipinski definition) is 0. The van der Waals surface area contributed by atoms with E-state index in [1.165, 1.54) is 68.0 Å². The monoisotopic (exact) mass is 563 g/mol. The Morgan fingerprint density at radius 2 is 1.50 bits per heavy atom. The fourth-order valence-electron chi connectivity index (χ4n) is 4.07. The van der Waals surface area contributed by atoms with Crippen molar-refractivity contribution in [3.05, 3.63) is 115 Å². The average molecular weight is 566 g/mol. The molecule has 0 saturated heterocycles. The van der Waals surface area contributed by atoms with Gasteiger partial charge in [0.05, 0.1) is 0 Å². The van der Waals surface area contributed by atoms with E-state index >= 15 is 0 Å². The standard InChI is InChI=1S/C21H13.C5H5.C4H9.CH2.2ClH.Zr/c1-2-8-15-14(7-1)13-20-18-11-4-3-9-16(18)17-10-5-6-12-19(17)21(15)20;1-2-4-5-3-1;1-4(2)3;;;;/h1-10,12H,13H2;1-3H,4H2;4H,1H2,2-3H3;1H2;2*1H;/q3*-1;;;;. The van der Waals surface area contributed by atoms with Crippen LogP contribution in [0, 0.1) is 25.0 Å². The molecule has 0 fully saturated rings. The quantitative estimate of drug-likeness (QED) is 0.130. The Bertz CT molecular complexity index is 1240. The second-order valence-electron chi connectivity index (χ2n) is 8.09. The van der Waals surface area contributed by atoms with Gasteiger partial charge < -0.3 is 6.92 Å². The van der Waals surface area contributed by atoms with E-state index in [9.17, 15) is 0 Å². The topological polar surface area (TPSA) is 0 Å². The number of benzene rings is 4. The minimum Gasteiger partial charge on any atom is -0.147 e. The van der Waals surface area contributed by atoms with Crippen LogP contribution in [-0.2, 0) is 30.7 Å². The van der Waals surface area contributed by atoms with Gasteiger partial charge in [-0.15, -0.1) is 71.8 Å². The van der Waals surface area contributed by atoms with E-state index in [0.29, 0.717) is 5.92 Å². The second-order valence-corrected chi connectivity index (χ2v) is 8.09. The Balaban J connectivity index is 0.000000379. The van der Waals surface area contributed by atoms with Crippen molar-refractivity contribution in [3.63, 3.8) is 0 Å². The average Bonchev–Trinajstić information content (AvgIpc) is 3.52. The van der Waals surface area contributed by atoms with Gasteiger partial charge in [0.25, 0.3) is 0 Å². The number of rotatable bonds is 0. The number of hydrogen-bond acceptors (Lipinski definition) is 0. The van der Waals surface area contributed by atoms with Gasteiger partial charge in [0.1, 0.15) is 0 Å². The zero-order chi connectivity index (χ0) is 22.9. The number of allylic oxidation sites excluding steroid dienone is 4.